The van der Waals surface area contributed by atoms with E-state index in [1.165, 1.54) is 28.4 Å². The third-order valence-corrected chi connectivity index (χ3v) is 6.39. The summed E-state index contributed by atoms with van der Waals surface area (Å²) in [5.41, 5.74) is 1.00. The highest BCUT2D eigenvalue weighted by atomic mass is 16.5. The van der Waals surface area contributed by atoms with Crippen LogP contribution in [0.1, 0.15) is 31.1 Å². The maximum absolute atomic E-state index is 11.4. The Labute approximate surface area is 188 Å². The van der Waals surface area contributed by atoms with Gasteiger partial charge in [0.25, 0.3) is 0 Å². The number of fused-ring (bicyclic) bond motifs is 3. The first-order chi connectivity index (χ1) is 15.2. The maximum atomic E-state index is 11.4. The van der Waals surface area contributed by atoms with Crippen LogP contribution in [-0.4, -0.2) is 58.5 Å². The molecule has 0 fully saturated rings. The van der Waals surface area contributed by atoms with Gasteiger partial charge in [0, 0.05) is 11.1 Å². The summed E-state index contributed by atoms with van der Waals surface area (Å²) < 4.78 is 33.9. The third-order valence-electron chi connectivity index (χ3n) is 6.39. The van der Waals surface area contributed by atoms with E-state index in [0.717, 1.165) is 5.56 Å². The molecule has 2 aromatic rings. The van der Waals surface area contributed by atoms with Crippen LogP contribution in [0.4, 0.5) is 0 Å². The number of rotatable bonds is 6. The molecule has 0 radical (unpaired) electrons. The Morgan fingerprint density at radius 3 is 1.69 bits per heavy atom. The van der Waals surface area contributed by atoms with Crippen molar-refractivity contribution in [2.75, 3.05) is 42.7 Å². The van der Waals surface area contributed by atoms with Crippen molar-refractivity contribution in [3.8, 4) is 45.6 Å². The Hall–Kier alpha value is -2.84. The number of hydrogen-bond acceptors (Lipinski definition) is 8. The van der Waals surface area contributed by atoms with Crippen LogP contribution < -0.4 is 28.4 Å². The number of hydrogen-bond donors (Lipinski definition) is 2. The van der Waals surface area contributed by atoms with Crippen LogP contribution in [0.2, 0.25) is 0 Å². The zero-order chi connectivity index (χ0) is 23.8. The van der Waals surface area contributed by atoms with E-state index in [-0.39, 0.29) is 5.92 Å². The van der Waals surface area contributed by atoms with Crippen molar-refractivity contribution in [3.63, 3.8) is 0 Å². The molecule has 32 heavy (non-hydrogen) atoms. The topological polar surface area (TPSA) is 95.8 Å². The van der Waals surface area contributed by atoms with Gasteiger partial charge in [0.15, 0.2) is 23.0 Å². The smallest absolute Gasteiger partial charge is 0.203 e. The highest BCUT2D eigenvalue weighted by molar-refractivity contribution is 5.88. The van der Waals surface area contributed by atoms with Gasteiger partial charge in [-0.3, -0.25) is 0 Å². The van der Waals surface area contributed by atoms with Crippen molar-refractivity contribution in [2.24, 2.45) is 5.92 Å². The molecule has 0 aliphatic heterocycles. The van der Waals surface area contributed by atoms with Gasteiger partial charge in [0.1, 0.15) is 6.10 Å². The molecule has 0 amide bonds. The summed E-state index contributed by atoms with van der Waals surface area (Å²) in [6.45, 7) is 3.51. The quantitative estimate of drug-likeness (QED) is 0.694. The molecule has 8 heteroatoms. The second kappa shape index (κ2) is 8.96. The lowest BCUT2D eigenvalue weighted by atomic mass is 9.73. The predicted octanol–water partition coefficient (Wildman–Crippen LogP) is 3.38. The predicted molar refractivity (Wildman–Crippen MR) is 120 cm³/mol. The molecule has 2 N–H and O–H groups in total. The van der Waals surface area contributed by atoms with Gasteiger partial charge >= 0.3 is 0 Å². The second-order valence-corrected chi connectivity index (χ2v) is 8.02. The van der Waals surface area contributed by atoms with E-state index in [9.17, 15) is 10.2 Å². The van der Waals surface area contributed by atoms with Crippen molar-refractivity contribution in [2.45, 2.75) is 32.0 Å². The first kappa shape index (κ1) is 23.8. The van der Waals surface area contributed by atoms with E-state index >= 15 is 0 Å². The molecular weight excluding hydrogens is 416 g/mol. The van der Waals surface area contributed by atoms with Crippen LogP contribution in [-0.2, 0) is 6.42 Å². The molecule has 0 spiro atoms. The highest BCUT2D eigenvalue weighted by Gasteiger charge is 2.43. The fraction of sp³-hybridized carbons (Fsp3) is 0.500. The second-order valence-electron chi connectivity index (χ2n) is 8.02. The van der Waals surface area contributed by atoms with E-state index in [1.807, 2.05) is 13.0 Å². The summed E-state index contributed by atoms with van der Waals surface area (Å²) in [6, 6.07) is 3.52. The fourth-order valence-corrected chi connectivity index (χ4v) is 4.41. The lowest BCUT2D eigenvalue weighted by Gasteiger charge is -2.39. The molecule has 0 saturated carbocycles. The minimum absolute atomic E-state index is 0.314. The van der Waals surface area contributed by atoms with Crippen LogP contribution in [0, 0.1) is 5.92 Å². The minimum Gasteiger partial charge on any atom is -0.493 e. The van der Waals surface area contributed by atoms with Gasteiger partial charge in [-0.25, -0.2) is 0 Å². The van der Waals surface area contributed by atoms with Crippen LogP contribution >= 0.6 is 0 Å². The molecule has 3 rings (SSSR count). The molecule has 0 bridgehead atoms. The molecule has 0 heterocycles. The van der Waals surface area contributed by atoms with Gasteiger partial charge in [-0.15, -0.1) is 0 Å². The fourth-order valence-electron chi connectivity index (χ4n) is 4.41. The van der Waals surface area contributed by atoms with Crippen molar-refractivity contribution in [3.05, 3.63) is 23.3 Å². The first-order valence-electron chi connectivity index (χ1n) is 10.3. The van der Waals surface area contributed by atoms with E-state index in [2.05, 4.69) is 0 Å². The molecule has 176 valence electrons. The summed E-state index contributed by atoms with van der Waals surface area (Å²) in [4.78, 5) is 0. The largest absolute Gasteiger partial charge is 0.493 e. The zero-order valence-electron chi connectivity index (χ0n) is 19.9. The van der Waals surface area contributed by atoms with Gasteiger partial charge in [0.2, 0.25) is 11.5 Å². The summed E-state index contributed by atoms with van der Waals surface area (Å²) in [6.07, 6.45) is -0.806. The highest BCUT2D eigenvalue weighted by Crippen LogP contribution is 2.57. The van der Waals surface area contributed by atoms with Crippen molar-refractivity contribution in [1.29, 1.82) is 0 Å². The van der Waals surface area contributed by atoms with Crippen LogP contribution in [0.3, 0.4) is 0 Å². The lowest BCUT2D eigenvalue weighted by Crippen LogP contribution is -2.41. The van der Waals surface area contributed by atoms with Crippen LogP contribution in [0.25, 0.3) is 11.1 Å². The Morgan fingerprint density at radius 1 is 0.750 bits per heavy atom. The van der Waals surface area contributed by atoms with E-state index in [1.54, 1.807) is 27.2 Å². The standard InChI is InChI=1S/C24H32O8/c1-12-9-13-10-15(27-3)19(29-5)21(31-7)17(13)18-14(23(25)24(12,2)26)11-16(28-4)20(30-6)22(18)32-8/h10-12,23,25-26H,9H2,1-8H3. The van der Waals surface area contributed by atoms with Crippen LogP contribution in [0.15, 0.2) is 12.1 Å². The number of benzene rings is 2. The Balaban J connectivity index is 2.60. The third kappa shape index (κ3) is 3.47. The first-order valence-corrected chi connectivity index (χ1v) is 10.3. The van der Waals surface area contributed by atoms with E-state index in [4.69, 9.17) is 28.4 Å². The van der Waals surface area contributed by atoms with Crippen LogP contribution in [0.5, 0.6) is 34.5 Å². The number of methoxy groups -OCH3 is 6. The van der Waals surface area contributed by atoms with Crippen molar-refractivity contribution >= 4 is 0 Å². The molecule has 1 aliphatic carbocycles. The number of aliphatic hydroxyl groups is 2. The molecule has 0 aromatic heterocycles. The Kier molecular flexibility index (Phi) is 6.67. The maximum Gasteiger partial charge on any atom is 0.203 e. The average Bonchev–Trinajstić information content (AvgIpc) is 2.80. The van der Waals surface area contributed by atoms with Gasteiger partial charge in [-0.1, -0.05) is 6.92 Å². The molecular formula is C24H32O8. The Morgan fingerprint density at radius 2 is 1.22 bits per heavy atom. The minimum atomic E-state index is -1.45. The molecule has 3 atom stereocenters. The van der Waals surface area contributed by atoms with Crippen molar-refractivity contribution < 1.29 is 38.6 Å². The van der Waals surface area contributed by atoms with Crippen molar-refractivity contribution in [1.82, 2.24) is 0 Å². The summed E-state index contributed by atoms with van der Waals surface area (Å²) in [7, 11) is 9.15. The summed E-state index contributed by atoms with van der Waals surface area (Å²) in [5, 5.41) is 22.7. The lowest BCUT2D eigenvalue weighted by molar-refractivity contribution is -0.0989. The molecule has 8 nitrogen and oxygen atoms in total. The van der Waals surface area contributed by atoms with Gasteiger partial charge in [-0.05, 0) is 42.5 Å². The molecule has 3 unspecified atom stereocenters. The van der Waals surface area contributed by atoms with E-state index < -0.39 is 11.7 Å². The average molecular weight is 449 g/mol. The molecule has 0 saturated heterocycles. The Bertz CT molecular complexity index is 998. The summed E-state index contributed by atoms with van der Waals surface area (Å²) >= 11 is 0. The zero-order valence-corrected chi connectivity index (χ0v) is 19.9. The monoisotopic (exact) mass is 448 g/mol. The van der Waals surface area contributed by atoms with Gasteiger partial charge in [0.05, 0.1) is 48.3 Å². The van der Waals surface area contributed by atoms with Gasteiger partial charge in [-0.2, -0.15) is 0 Å². The number of aliphatic hydroxyl groups excluding tert-OH is 1. The van der Waals surface area contributed by atoms with Gasteiger partial charge < -0.3 is 38.6 Å². The normalized spacial score (nSPS) is 22.1. The number of ether oxygens (including phenoxy) is 6. The molecule has 2 aromatic carbocycles. The summed E-state index contributed by atoms with van der Waals surface area (Å²) in [5.74, 6) is 2.09. The molecule has 1 aliphatic rings. The van der Waals surface area contributed by atoms with E-state index in [0.29, 0.717) is 57.6 Å². The SMILES string of the molecule is COc1cc2c(c(OC)c1OC)-c1c(cc(OC)c(OC)c1OC)C(O)C(C)(O)C(C)C2.